The molecule has 23 heavy (non-hydrogen) atoms. The molecule has 0 aliphatic heterocycles. The molecule has 0 saturated heterocycles. The molecule has 1 fully saturated rings. The van der Waals surface area contributed by atoms with Crippen molar-refractivity contribution in [3.05, 3.63) is 60.7 Å². The first-order chi connectivity index (χ1) is 11.3. The van der Waals surface area contributed by atoms with Gasteiger partial charge in [-0.15, -0.1) is 0 Å². The minimum absolute atomic E-state index is 0.0699. The Morgan fingerprint density at radius 2 is 2.13 bits per heavy atom. The lowest BCUT2D eigenvalue weighted by molar-refractivity contribution is 0.0990. The SMILES string of the molecule is O=C(Nc1cc(-c2cccnc2)ccn1)c1nc(C2CC2)co1. The van der Waals surface area contributed by atoms with Crippen LogP contribution in [0.2, 0.25) is 0 Å². The highest BCUT2D eigenvalue weighted by Gasteiger charge is 2.28. The Balaban J connectivity index is 1.52. The van der Waals surface area contributed by atoms with Gasteiger partial charge in [0, 0.05) is 30.1 Å². The highest BCUT2D eigenvalue weighted by Crippen LogP contribution is 2.39. The van der Waals surface area contributed by atoms with Crippen molar-refractivity contribution in [2.75, 3.05) is 5.32 Å². The largest absolute Gasteiger partial charge is 0.441 e. The summed E-state index contributed by atoms with van der Waals surface area (Å²) in [4.78, 5) is 24.7. The van der Waals surface area contributed by atoms with Gasteiger partial charge in [0.1, 0.15) is 12.1 Å². The van der Waals surface area contributed by atoms with Crippen molar-refractivity contribution >= 4 is 11.7 Å². The zero-order valence-electron chi connectivity index (χ0n) is 12.3. The smallest absolute Gasteiger partial charge is 0.312 e. The summed E-state index contributed by atoms with van der Waals surface area (Å²) in [5.74, 6) is 0.572. The number of rotatable bonds is 4. The maximum Gasteiger partial charge on any atom is 0.312 e. The van der Waals surface area contributed by atoms with E-state index < -0.39 is 5.91 Å². The summed E-state index contributed by atoms with van der Waals surface area (Å²) in [6.45, 7) is 0. The number of oxazole rings is 1. The average molecular weight is 306 g/mol. The van der Waals surface area contributed by atoms with Crippen molar-refractivity contribution in [2.24, 2.45) is 0 Å². The molecular weight excluding hydrogens is 292 g/mol. The number of carbonyl (C=O) groups excluding carboxylic acids is 1. The van der Waals surface area contributed by atoms with Crippen molar-refractivity contribution in [1.82, 2.24) is 15.0 Å². The molecule has 3 aromatic heterocycles. The van der Waals surface area contributed by atoms with Crippen LogP contribution in [0.5, 0.6) is 0 Å². The van der Waals surface area contributed by atoms with Crippen molar-refractivity contribution < 1.29 is 9.21 Å². The van der Waals surface area contributed by atoms with Crippen LogP contribution in [0.3, 0.4) is 0 Å². The van der Waals surface area contributed by atoms with Crippen LogP contribution in [-0.2, 0) is 0 Å². The van der Waals surface area contributed by atoms with E-state index in [2.05, 4.69) is 20.3 Å². The van der Waals surface area contributed by atoms with Gasteiger partial charge in [0.15, 0.2) is 0 Å². The molecule has 3 heterocycles. The molecule has 4 rings (SSSR count). The van der Waals surface area contributed by atoms with E-state index in [-0.39, 0.29) is 5.89 Å². The van der Waals surface area contributed by atoms with Gasteiger partial charge in [0.25, 0.3) is 5.89 Å². The van der Waals surface area contributed by atoms with E-state index >= 15 is 0 Å². The molecule has 0 aromatic carbocycles. The number of nitrogens with zero attached hydrogens (tertiary/aromatic N) is 3. The summed E-state index contributed by atoms with van der Waals surface area (Å²) < 4.78 is 5.25. The fourth-order valence-corrected chi connectivity index (χ4v) is 2.34. The fourth-order valence-electron chi connectivity index (χ4n) is 2.34. The second-order valence-electron chi connectivity index (χ2n) is 5.48. The standard InChI is InChI=1S/C17H14N4O2/c22-16(17-20-14(10-23-17)11-3-4-11)21-15-8-12(5-7-19-15)13-2-1-6-18-9-13/h1-2,5-11H,3-4H2,(H,19,21,22). The third kappa shape index (κ3) is 2.96. The molecule has 0 radical (unpaired) electrons. The molecule has 3 aromatic rings. The number of hydrogen-bond donors (Lipinski definition) is 1. The predicted molar refractivity (Wildman–Crippen MR) is 83.9 cm³/mol. The highest BCUT2D eigenvalue weighted by atomic mass is 16.4. The Bertz CT molecular complexity index is 841. The van der Waals surface area contributed by atoms with Crippen LogP contribution in [0.15, 0.2) is 53.5 Å². The number of amides is 1. The maximum absolute atomic E-state index is 12.2. The molecule has 1 aliphatic rings. The number of carbonyl (C=O) groups is 1. The first kappa shape index (κ1) is 13.6. The molecule has 1 aliphatic carbocycles. The second-order valence-corrected chi connectivity index (χ2v) is 5.48. The molecular formula is C17H14N4O2. The maximum atomic E-state index is 12.2. The van der Waals surface area contributed by atoms with E-state index in [1.165, 1.54) is 0 Å². The minimum atomic E-state index is -0.396. The van der Waals surface area contributed by atoms with Crippen LogP contribution in [0.25, 0.3) is 11.1 Å². The van der Waals surface area contributed by atoms with E-state index in [1.54, 1.807) is 30.9 Å². The van der Waals surface area contributed by atoms with Gasteiger partial charge in [-0.05, 0) is 36.6 Å². The number of anilines is 1. The molecule has 1 amide bonds. The lowest BCUT2D eigenvalue weighted by atomic mass is 10.1. The van der Waals surface area contributed by atoms with Gasteiger partial charge in [0.2, 0.25) is 0 Å². The van der Waals surface area contributed by atoms with E-state index in [1.807, 2.05) is 18.2 Å². The minimum Gasteiger partial charge on any atom is -0.441 e. The summed E-state index contributed by atoms with van der Waals surface area (Å²) >= 11 is 0. The molecule has 114 valence electrons. The number of hydrogen-bond acceptors (Lipinski definition) is 5. The Kier molecular flexibility index (Phi) is 3.34. The van der Waals surface area contributed by atoms with E-state index in [0.717, 1.165) is 29.7 Å². The Morgan fingerprint density at radius 3 is 2.91 bits per heavy atom. The Morgan fingerprint density at radius 1 is 1.22 bits per heavy atom. The molecule has 1 saturated carbocycles. The van der Waals surface area contributed by atoms with Crippen LogP contribution in [0.1, 0.15) is 35.1 Å². The Labute approximate surface area is 132 Å². The summed E-state index contributed by atoms with van der Waals surface area (Å²) in [6, 6.07) is 7.47. The molecule has 6 heteroatoms. The first-order valence-electron chi connectivity index (χ1n) is 7.43. The van der Waals surface area contributed by atoms with Gasteiger partial charge in [-0.2, -0.15) is 0 Å². The van der Waals surface area contributed by atoms with Gasteiger partial charge in [-0.3, -0.25) is 9.78 Å². The lowest BCUT2D eigenvalue weighted by Crippen LogP contribution is -2.13. The molecule has 6 nitrogen and oxygen atoms in total. The van der Waals surface area contributed by atoms with Gasteiger partial charge in [0.05, 0.1) is 5.69 Å². The summed E-state index contributed by atoms with van der Waals surface area (Å²) in [7, 11) is 0. The van der Waals surface area contributed by atoms with Crippen molar-refractivity contribution in [1.29, 1.82) is 0 Å². The zero-order chi connectivity index (χ0) is 15.6. The average Bonchev–Trinajstić information content (AvgIpc) is 3.33. The normalized spacial score (nSPS) is 13.7. The van der Waals surface area contributed by atoms with Crippen LogP contribution in [0, 0.1) is 0 Å². The van der Waals surface area contributed by atoms with Gasteiger partial charge in [-0.1, -0.05) is 6.07 Å². The number of aromatic nitrogens is 3. The van der Waals surface area contributed by atoms with E-state index in [4.69, 9.17) is 4.42 Å². The summed E-state index contributed by atoms with van der Waals surface area (Å²) in [6.07, 6.45) is 8.91. The molecule has 0 spiro atoms. The van der Waals surface area contributed by atoms with E-state index in [0.29, 0.717) is 11.7 Å². The van der Waals surface area contributed by atoms with Gasteiger partial charge < -0.3 is 9.73 Å². The van der Waals surface area contributed by atoms with Crippen LogP contribution >= 0.6 is 0 Å². The third-order valence-corrected chi connectivity index (χ3v) is 3.71. The molecule has 0 unspecified atom stereocenters. The highest BCUT2D eigenvalue weighted by molar-refractivity contribution is 6.00. The van der Waals surface area contributed by atoms with Crippen molar-refractivity contribution in [3.8, 4) is 11.1 Å². The van der Waals surface area contributed by atoms with Crippen LogP contribution in [0.4, 0.5) is 5.82 Å². The second kappa shape index (κ2) is 5.64. The fraction of sp³-hybridized carbons (Fsp3) is 0.176. The van der Waals surface area contributed by atoms with Crippen molar-refractivity contribution in [3.63, 3.8) is 0 Å². The number of nitrogens with one attached hydrogen (secondary N) is 1. The molecule has 1 N–H and O–H groups in total. The topological polar surface area (TPSA) is 80.9 Å². The quantitative estimate of drug-likeness (QED) is 0.800. The lowest BCUT2D eigenvalue weighted by Gasteiger charge is -2.05. The van der Waals surface area contributed by atoms with Crippen LogP contribution < -0.4 is 5.32 Å². The van der Waals surface area contributed by atoms with Crippen molar-refractivity contribution in [2.45, 2.75) is 18.8 Å². The van der Waals surface area contributed by atoms with Crippen LogP contribution in [-0.4, -0.2) is 20.9 Å². The molecule has 0 bridgehead atoms. The van der Waals surface area contributed by atoms with Gasteiger partial charge >= 0.3 is 5.91 Å². The van der Waals surface area contributed by atoms with E-state index in [9.17, 15) is 4.79 Å². The first-order valence-corrected chi connectivity index (χ1v) is 7.43. The monoisotopic (exact) mass is 306 g/mol. The zero-order valence-corrected chi connectivity index (χ0v) is 12.3. The third-order valence-electron chi connectivity index (χ3n) is 3.71. The predicted octanol–water partition coefficient (Wildman–Crippen LogP) is 3.26. The van der Waals surface area contributed by atoms with Gasteiger partial charge in [-0.25, -0.2) is 9.97 Å². The molecule has 0 atom stereocenters. The summed E-state index contributed by atoms with van der Waals surface area (Å²) in [5, 5.41) is 2.71. The summed E-state index contributed by atoms with van der Waals surface area (Å²) in [5.41, 5.74) is 2.74. The number of pyridine rings is 2. The Hall–Kier alpha value is -3.02.